The number of fused-ring (bicyclic) bond motifs is 3. The summed E-state index contributed by atoms with van der Waals surface area (Å²) >= 11 is 0. The van der Waals surface area contributed by atoms with Gasteiger partial charge in [0.05, 0.1) is 32.9 Å². The second-order valence-electron chi connectivity index (χ2n) is 9.83. The number of para-hydroxylation sites is 1. The molecule has 2 aromatic heterocycles. The van der Waals surface area contributed by atoms with Crippen LogP contribution in [-0.2, 0) is 18.5 Å². The number of nitrogens with one attached hydrogen (secondary N) is 1. The van der Waals surface area contributed by atoms with Crippen molar-refractivity contribution in [2.75, 3.05) is 27.9 Å². The minimum absolute atomic E-state index is 0.225. The van der Waals surface area contributed by atoms with E-state index in [1.54, 1.807) is 21.3 Å². The Balaban J connectivity index is 1.65. The molecule has 2 aromatic carbocycles. The van der Waals surface area contributed by atoms with Crippen LogP contribution >= 0.6 is 0 Å². The lowest BCUT2D eigenvalue weighted by Gasteiger charge is -2.35. The molecule has 1 aliphatic heterocycles. The van der Waals surface area contributed by atoms with Crippen molar-refractivity contribution < 1.29 is 14.2 Å². The van der Waals surface area contributed by atoms with Gasteiger partial charge in [-0.3, -0.25) is 4.90 Å². The zero-order valence-electron chi connectivity index (χ0n) is 21.1. The molecule has 0 bridgehead atoms. The maximum Gasteiger partial charge on any atom is 0.203 e. The highest BCUT2D eigenvalue weighted by Gasteiger charge is 2.35. The molecule has 35 heavy (non-hydrogen) atoms. The van der Waals surface area contributed by atoms with E-state index in [9.17, 15) is 0 Å². The Morgan fingerprint density at radius 1 is 1.00 bits per heavy atom. The highest BCUT2D eigenvalue weighted by Crippen LogP contribution is 2.43. The maximum absolute atomic E-state index is 5.68. The van der Waals surface area contributed by atoms with Gasteiger partial charge in [-0.25, -0.2) is 4.68 Å². The largest absolute Gasteiger partial charge is 0.493 e. The molecule has 5 rings (SSSR count). The molecule has 4 aromatic rings. The predicted molar refractivity (Wildman–Crippen MR) is 133 cm³/mol. The van der Waals surface area contributed by atoms with Gasteiger partial charge in [0.2, 0.25) is 5.75 Å². The fraction of sp³-hybridized carbons (Fsp3) is 0.423. The minimum atomic E-state index is -0.292. The van der Waals surface area contributed by atoms with Crippen molar-refractivity contribution in [1.82, 2.24) is 30.1 Å². The van der Waals surface area contributed by atoms with Gasteiger partial charge in [0, 0.05) is 29.7 Å². The minimum Gasteiger partial charge on any atom is -0.493 e. The lowest BCUT2D eigenvalue weighted by atomic mass is 9.97. The van der Waals surface area contributed by atoms with Crippen LogP contribution in [0.1, 0.15) is 49.5 Å². The van der Waals surface area contributed by atoms with E-state index >= 15 is 0 Å². The van der Waals surface area contributed by atoms with E-state index < -0.39 is 0 Å². The zero-order chi connectivity index (χ0) is 24.7. The third-order valence-corrected chi connectivity index (χ3v) is 6.65. The van der Waals surface area contributed by atoms with Crippen LogP contribution in [0.25, 0.3) is 10.9 Å². The number of H-pyrrole nitrogens is 1. The number of ether oxygens (including phenoxy) is 3. The first kappa shape index (κ1) is 23.2. The van der Waals surface area contributed by atoms with Crippen LogP contribution in [0.4, 0.5) is 0 Å². The van der Waals surface area contributed by atoms with Crippen LogP contribution in [-0.4, -0.2) is 58.0 Å². The van der Waals surface area contributed by atoms with Crippen LogP contribution in [0, 0.1) is 0 Å². The van der Waals surface area contributed by atoms with E-state index in [-0.39, 0.29) is 11.6 Å². The van der Waals surface area contributed by atoms with Crippen molar-refractivity contribution in [3.05, 3.63) is 59.0 Å². The molecular formula is C26H32N6O3. The zero-order valence-corrected chi connectivity index (χ0v) is 21.1. The quantitative estimate of drug-likeness (QED) is 0.448. The molecule has 1 unspecified atom stereocenters. The number of nitrogens with zero attached hydrogens (tertiary/aromatic N) is 5. The number of hydrogen-bond acceptors (Lipinski definition) is 7. The standard InChI is InChI=1S/C26H32N6O3/c1-26(2,3)32-25(28-29-30-32)23(16-13-21(33-4)24(35-6)22(14-16)34-5)31-12-11-18-17-9-7-8-10-19(17)27-20(18)15-31/h7-10,13-14,23,27H,11-12,15H2,1-6H3. The number of rotatable bonds is 6. The molecule has 0 radical (unpaired) electrons. The number of benzene rings is 2. The molecule has 9 heteroatoms. The Labute approximate surface area is 205 Å². The van der Waals surface area contributed by atoms with Gasteiger partial charge in [-0.05, 0) is 66.9 Å². The Hall–Kier alpha value is -3.59. The van der Waals surface area contributed by atoms with Crippen LogP contribution in [0.2, 0.25) is 0 Å². The predicted octanol–water partition coefficient (Wildman–Crippen LogP) is 4.08. The van der Waals surface area contributed by atoms with Gasteiger partial charge in [-0.2, -0.15) is 0 Å². The number of tetrazole rings is 1. The van der Waals surface area contributed by atoms with E-state index in [4.69, 9.17) is 14.2 Å². The summed E-state index contributed by atoms with van der Waals surface area (Å²) in [4.78, 5) is 6.05. The lowest BCUT2D eigenvalue weighted by Crippen LogP contribution is -2.38. The fourth-order valence-corrected chi connectivity index (χ4v) is 5.06. The van der Waals surface area contributed by atoms with Crippen LogP contribution in [0.3, 0.4) is 0 Å². The second kappa shape index (κ2) is 8.88. The third kappa shape index (κ3) is 3.99. The van der Waals surface area contributed by atoms with Crippen LogP contribution in [0.5, 0.6) is 17.2 Å². The van der Waals surface area contributed by atoms with Crippen molar-refractivity contribution in [3.8, 4) is 17.2 Å². The summed E-state index contributed by atoms with van der Waals surface area (Å²) in [6.45, 7) is 7.90. The number of methoxy groups -OCH3 is 3. The first-order chi connectivity index (χ1) is 16.9. The average molecular weight is 477 g/mol. The average Bonchev–Trinajstić information content (AvgIpc) is 3.48. The van der Waals surface area contributed by atoms with E-state index in [0.717, 1.165) is 30.9 Å². The third-order valence-electron chi connectivity index (χ3n) is 6.65. The molecule has 1 atom stereocenters. The van der Waals surface area contributed by atoms with Crippen LogP contribution < -0.4 is 14.2 Å². The summed E-state index contributed by atoms with van der Waals surface area (Å²) in [6, 6.07) is 12.3. The molecule has 9 nitrogen and oxygen atoms in total. The van der Waals surface area contributed by atoms with Gasteiger partial charge in [0.25, 0.3) is 0 Å². The summed E-state index contributed by atoms with van der Waals surface area (Å²) in [6.07, 6.45) is 0.928. The van der Waals surface area contributed by atoms with E-state index in [1.165, 1.54) is 22.2 Å². The first-order valence-electron chi connectivity index (χ1n) is 11.8. The van der Waals surface area contributed by atoms with Crippen molar-refractivity contribution >= 4 is 10.9 Å². The smallest absolute Gasteiger partial charge is 0.203 e. The molecule has 3 heterocycles. The molecule has 0 aliphatic carbocycles. The van der Waals surface area contributed by atoms with E-state index in [0.29, 0.717) is 17.2 Å². The Bertz CT molecular complexity index is 1330. The van der Waals surface area contributed by atoms with E-state index in [2.05, 4.69) is 70.4 Å². The lowest BCUT2D eigenvalue weighted by molar-refractivity contribution is 0.183. The highest BCUT2D eigenvalue weighted by molar-refractivity contribution is 5.84. The molecule has 0 fully saturated rings. The normalized spacial score (nSPS) is 15.1. The Kier molecular flexibility index (Phi) is 5.88. The monoisotopic (exact) mass is 476 g/mol. The van der Waals surface area contributed by atoms with Gasteiger partial charge < -0.3 is 19.2 Å². The molecule has 0 saturated heterocycles. The summed E-state index contributed by atoms with van der Waals surface area (Å²) in [7, 11) is 4.87. The van der Waals surface area contributed by atoms with Gasteiger partial charge >= 0.3 is 0 Å². The topological polar surface area (TPSA) is 90.3 Å². The summed E-state index contributed by atoms with van der Waals surface area (Å²) < 4.78 is 18.8. The molecule has 0 amide bonds. The molecular weight excluding hydrogens is 444 g/mol. The highest BCUT2D eigenvalue weighted by atomic mass is 16.5. The van der Waals surface area contributed by atoms with E-state index in [1.807, 2.05) is 16.8 Å². The van der Waals surface area contributed by atoms with Crippen molar-refractivity contribution in [1.29, 1.82) is 0 Å². The number of aromatic amines is 1. The molecule has 0 saturated carbocycles. The molecule has 1 N–H and O–H groups in total. The second-order valence-corrected chi connectivity index (χ2v) is 9.83. The Morgan fingerprint density at radius 2 is 1.71 bits per heavy atom. The van der Waals surface area contributed by atoms with Crippen molar-refractivity contribution in [2.45, 2.75) is 45.3 Å². The van der Waals surface area contributed by atoms with Gasteiger partial charge in [-0.15, -0.1) is 5.10 Å². The molecule has 0 spiro atoms. The van der Waals surface area contributed by atoms with Gasteiger partial charge in [0.15, 0.2) is 17.3 Å². The fourth-order valence-electron chi connectivity index (χ4n) is 5.06. The summed E-state index contributed by atoms with van der Waals surface area (Å²) in [5.74, 6) is 2.53. The maximum atomic E-state index is 5.68. The van der Waals surface area contributed by atoms with Gasteiger partial charge in [0.1, 0.15) is 0 Å². The summed E-state index contributed by atoms with van der Waals surface area (Å²) in [5.41, 5.74) is 4.46. The number of hydrogen-bond donors (Lipinski definition) is 1. The van der Waals surface area contributed by atoms with Crippen LogP contribution in [0.15, 0.2) is 36.4 Å². The molecule has 184 valence electrons. The van der Waals surface area contributed by atoms with Gasteiger partial charge in [-0.1, -0.05) is 18.2 Å². The molecule has 1 aliphatic rings. The Morgan fingerprint density at radius 3 is 2.37 bits per heavy atom. The first-order valence-corrected chi connectivity index (χ1v) is 11.8. The summed E-state index contributed by atoms with van der Waals surface area (Å²) in [5, 5.41) is 14.3. The van der Waals surface area contributed by atoms with Crippen molar-refractivity contribution in [2.24, 2.45) is 0 Å². The van der Waals surface area contributed by atoms with Crippen molar-refractivity contribution in [3.63, 3.8) is 0 Å². The number of aromatic nitrogens is 5. The SMILES string of the molecule is COc1cc(C(c2nnnn2C(C)(C)C)N2CCc3c([nH]c4ccccc34)C2)cc(OC)c1OC.